The Morgan fingerprint density at radius 3 is 2.59 bits per heavy atom. The molecule has 2 rings (SSSR count). The summed E-state index contributed by atoms with van der Waals surface area (Å²) in [7, 11) is 0. The number of hydrogen-bond donors (Lipinski definition) is 3. The summed E-state index contributed by atoms with van der Waals surface area (Å²) in [4.78, 5) is 24.0. The number of benzene rings is 1. The van der Waals surface area contributed by atoms with Gasteiger partial charge < -0.3 is 15.3 Å². The summed E-state index contributed by atoms with van der Waals surface area (Å²) in [6, 6.07) is 7.33. The highest BCUT2D eigenvalue weighted by Crippen LogP contribution is 2.36. The van der Waals surface area contributed by atoms with Crippen molar-refractivity contribution in [2.24, 2.45) is 5.92 Å². The third-order valence-electron chi connectivity index (χ3n) is 5.97. The molecule has 0 radical (unpaired) electrons. The molecule has 0 saturated heterocycles. The van der Waals surface area contributed by atoms with Crippen molar-refractivity contribution < 1.29 is 24.9 Å². The lowest BCUT2D eigenvalue weighted by Gasteiger charge is -2.21. The number of carboxylic acid groups (broad SMARTS) is 1. The summed E-state index contributed by atoms with van der Waals surface area (Å²) in [6.07, 6.45) is 8.56. The average molecular weight is 528 g/mol. The van der Waals surface area contributed by atoms with Crippen LogP contribution in [0.2, 0.25) is 0 Å². The molecule has 1 fully saturated rings. The zero-order valence-corrected chi connectivity index (χ0v) is 21.1. The molecule has 1 aromatic rings. The quantitative estimate of drug-likeness (QED) is 0.224. The highest BCUT2D eigenvalue weighted by Gasteiger charge is 2.41. The monoisotopic (exact) mass is 526 g/mol. The predicted octanol–water partition coefficient (Wildman–Crippen LogP) is 5.34. The number of ketones is 1. The zero-order chi connectivity index (χ0) is 23.5. The molecule has 1 saturated carbocycles. The summed E-state index contributed by atoms with van der Waals surface area (Å²) < 4.78 is 0.912. The Bertz CT molecular complexity index is 751. The van der Waals surface area contributed by atoms with Gasteiger partial charge in [-0.05, 0) is 43.4 Å². The molecular weight excluding hydrogens is 492 g/mol. The Morgan fingerprint density at radius 2 is 1.94 bits per heavy atom. The van der Waals surface area contributed by atoms with E-state index >= 15 is 0 Å². The van der Waals surface area contributed by atoms with E-state index in [1.165, 1.54) is 11.8 Å². The van der Waals surface area contributed by atoms with Crippen molar-refractivity contribution in [3.05, 3.63) is 46.5 Å². The van der Waals surface area contributed by atoms with Crippen LogP contribution in [0.25, 0.3) is 0 Å². The number of allylic oxidation sites excluding steroid dienone is 2. The molecule has 0 spiro atoms. The van der Waals surface area contributed by atoms with Gasteiger partial charge >= 0.3 is 5.97 Å². The van der Waals surface area contributed by atoms with Gasteiger partial charge in [-0.1, -0.05) is 66.4 Å². The van der Waals surface area contributed by atoms with E-state index in [-0.39, 0.29) is 23.4 Å². The summed E-state index contributed by atoms with van der Waals surface area (Å²) in [5.74, 6) is -1.06. The predicted molar refractivity (Wildman–Crippen MR) is 133 cm³/mol. The lowest BCUT2D eigenvalue weighted by atomic mass is 9.94. The lowest BCUT2D eigenvalue weighted by Crippen LogP contribution is -2.25. The molecule has 0 aromatic heterocycles. The van der Waals surface area contributed by atoms with Gasteiger partial charge in [-0.25, -0.2) is 0 Å². The number of aliphatic hydroxyl groups is 2. The lowest BCUT2D eigenvalue weighted by molar-refractivity contribution is -0.139. The van der Waals surface area contributed by atoms with Crippen LogP contribution < -0.4 is 0 Å². The maximum Gasteiger partial charge on any atom is 0.310 e. The Balaban J connectivity index is 1.83. The molecule has 1 aliphatic carbocycles. The van der Waals surface area contributed by atoms with Crippen molar-refractivity contribution in [2.45, 2.75) is 81.7 Å². The summed E-state index contributed by atoms with van der Waals surface area (Å²) in [6.45, 7) is 2.13. The Hall–Kier alpha value is -1.15. The topological polar surface area (TPSA) is 94.8 Å². The largest absolute Gasteiger partial charge is 0.481 e. The highest BCUT2D eigenvalue weighted by molar-refractivity contribution is 9.10. The molecule has 178 valence electrons. The van der Waals surface area contributed by atoms with Crippen LogP contribution in [0.4, 0.5) is 0 Å². The molecule has 1 aromatic carbocycles. The van der Waals surface area contributed by atoms with Crippen LogP contribution in [-0.2, 0) is 9.59 Å². The van der Waals surface area contributed by atoms with Gasteiger partial charge in [0.15, 0.2) is 0 Å². The Labute approximate surface area is 203 Å². The third-order valence-corrected chi connectivity index (χ3v) is 8.10. The van der Waals surface area contributed by atoms with E-state index in [1.54, 1.807) is 0 Å². The number of unbranched alkanes of at least 4 members (excludes halogenated alkanes) is 2. The van der Waals surface area contributed by atoms with E-state index in [4.69, 9.17) is 0 Å². The highest BCUT2D eigenvalue weighted by atomic mass is 79.9. The minimum absolute atomic E-state index is 0.0680. The SMILES string of the molecule is CCCCCC(O)CS[C@H]1C(O)CC(=O)[C@@H]1CC=CCCC(C(=O)O)c1ccc(Br)cc1. The van der Waals surface area contributed by atoms with Crippen LogP contribution in [-0.4, -0.2) is 50.3 Å². The van der Waals surface area contributed by atoms with Crippen molar-refractivity contribution in [2.75, 3.05) is 5.75 Å². The molecular formula is C25H35BrO5S. The van der Waals surface area contributed by atoms with Gasteiger partial charge in [0.2, 0.25) is 0 Å². The summed E-state index contributed by atoms with van der Waals surface area (Å²) in [5, 5.41) is 29.9. The van der Waals surface area contributed by atoms with Gasteiger partial charge in [0.25, 0.3) is 0 Å². The van der Waals surface area contributed by atoms with Gasteiger partial charge in [0.05, 0.1) is 18.1 Å². The fraction of sp³-hybridized carbons (Fsp3) is 0.600. The number of carboxylic acids is 1. The van der Waals surface area contributed by atoms with Crippen molar-refractivity contribution in [1.29, 1.82) is 0 Å². The number of halogens is 1. The fourth-order valence-electron chi connectivity index (χ4n) is 4.10. The van der Waals surface area contributed by atoms with E-state index in [0.717, 1.165) is 35.7 Å². The smallest absolute Gasteiger partial charge is 0.310 e. The number of carbonyl (C=O) groups is 2. The number of Topliss-reactive ketones (excluding diaryl/α,β-unsaturated/α-hetero) is 1. The minimum atomic E-state index is -0.844. The first-order chi connectivity index (χ1) is 15.3. The van der Waals surface area contributed by atoms with E-state index in [1.807, 2.05) is 36.4 Å². The molecule has 0 heterocycles. The van der Waals surface area contributed by atoms with Crippen LogP contribution in [0.5, 0.6) is 0 Å². The number of carbonyl (C=O) groups excluding carboxylic acids is 1. The number of aliphatic hydroxyl groups excluding tert-OH is 2. The first-order valence-electron chi connectivity index (χ1n) is 11.5. The molecule has 0 aliphatic heterocycles. The first kappa shape index (κ1) is 27.1. The normalized spacial score (nSPS) is 23.0. The summed E-state index contributed by atoms with van der Waals surface area (Å²) in [5.41, 5.74) is 0.775. The van der Waals surface area contributed by atoms with Gasteiger partial charge in [0.1, 0.15) is 5.78 Å². The van der Waals surface area contributed by atoms with Crippen molar-refractivity contribution in [3.8, 4) is 0 Å². The van der Waals surface area contributed by atoms with E-state index in [0.29, 0.717) is 25.0 Å². The van der Waals surface area contributed by atoms with Gasteiger partial charge in [-0.2, -0.15) is 11.8 Å². The second kappa shape index (κ2) is 14.2. The minimum Gasteiger partial charge on any atom is -0.481 e. The molecule has 5 atom stereocenters. The maximum absolute atomic E-state index is 12.4. The number of rotatable bonds is 14. The molecule has 3 N–H and O–H groups in total. The third kappa shape index (κ3) is 8.65. The van der Waals surface area contributed by atoms with Crippen LogP contribution in [0.15, 0.2) is 40.9 Å². The van der Waals surface area contributed by atoms with Gasteiger partial charge in [-0.3, -0.25) is 9.59 Å². The molecule has 3 unspecified atom stereocenters. The molecule has 0 amide bonds. The molecule has 7 heteroatoms. The Kier molecular flexibility index (Phi) is 12.0. The van der Waals surface area contributed by atoms with Crippen molar-refractivity contribution in [3.63, 3.8) is 0 Å². The molecule has 1 aliphatic rings. The van der Waals surface area contributed by atoms with Crippen LogP contribution in [0.3, 0.4) is 0 Å². The van der Waals surface area contributed by atoms with Gasteiger partial charge in [-0.15, -0.1) is 0 Å². The standard InChI is InChI=1S/C25H35BrO5S/c1-2-3-5-8-19(27)16-32-24-21(22(28)15-23(24)29)10-7-4-6-9-20(25(30)31)17-11-13-18(26)14-12-17/h4,7,11-14,19-21,23-24,27,29H,2-3,5-6,8-10,15-16H2,1H3,(H,30,31)/t19?,20?,21-,23?,24+/m0/s1. The van der Waals surface area contributed by atoms with Crippen molar-refractivity contribution >= 4 is 39.4 Å². The second-order valence-corrected chi connectivity index (χ2v) is 10.6. The molecule has 32 heavy (non-hydrogen) atoms. The first-order valence-corrected chi connectivity index (χ1v) is 13.3. The van der Waals surface area contributed by atoms with Gasteiger partial charge in [0, 0.05) is 27.8 Å². The van der Waals surface area contributed by atoms with Crippen LogP contribution >= 0.6 is 27.7 Å². The Morgan fingerprint density at radius 1 is 1.22 bits per heavy atom. The average Bonchev–Trinajstić information content (AvgIpc) is 3.02. The molecule has 0 bridgehead atoms. The molecule has 5 nitrogen and oxygen atoms in total. The van der Waals surface area contributed by atoms with E-state index in [2.05, 4.69) is 22.9 Å². The number of aliphatic carboxylic acids is 1. The maximum atomic E-state index is 12.4. The number of thioether (sulfide) groups is 1. The summed E-state index contributed by atoms with van der Waals surface area (Å²) >= 11 is 4.87. The van der Waals surface area contributed by atoms with Crippen LogP contribution in [0.1, 0.15) is 69.8 Å². The van der Waals surface area contributed by atoms with Crippen molar-refractivity contribution in [1.82, 2.24) is 0 Å². The second-order valence-electron chi connectivity index (χ2n) is 8.52. The van der Waals surface area contributed by atoms with E-state index in [9.17, 15) is 24.9 Å². The zero-order valence-electron chi connectivity index (χ0n) is 18.7. The van der Waals surface area contributed by atoms with Crippen LogP contribution in [0, 0.1) is 5.92 Å². The number of hydrogen-bond acceptors (Lipinski definition) is 5. The van der Waals surface area contributed by atoms with E-state index < -0.39 is 24.1 Å². The fourth-order valence-corrected chi connectivity index (χ4v) is 5.79.